The van der Waals surface area contributed by atoms with E-state index in [1.54, 1.807) is 0 Å². The number of hydrogen-bond donors (Lipinski definition) is 10. The van der Waals surface area contributed by atoms with E-state index < -0.39 is 35.8 Å². The average Bonchev–Trinajstić information content (AvgIpc) is 2.78. The van der Waals surface area contributed by atoms with Gasteiger partial charge in [0.1, 0.15) is 0 Å². The van der Waals surface area contributed by atoms with Crippen LogP contribution in [0.3, 0.4) is 0 Å². The number of piperazine rings is 2. The summed E-state index contributed by atoms with van der Waals surface area (Å²) in [5, 5.41) is 56.4. The number of rotatable bonds is 2. The van der Waals surface area contributed by atoms with Gasteiger partial charge in [-0.2, -0.15) is 0 Å². The van der Waals surface area contributed by atoms with Gasteiger partial charge >= 0.3 is 35.8 Å². The summed E-state index contributed by atoms with van der Waals surface area (Å²) in [5.74, 6) is -10.6. The van der Waals surface area contributed by atoms with Crippen molar-refractivity contribution in [1.82, 2.24) is 31.1 Å². The van der Waals surface area contributed by atoms with Gasteiger partial charge in [0, 0.05) is 64.4 Å². The summed E-state index contributed by atoms with van der Waals surface area (Å²) < 4.78 is 0. The van der Waals surface area contributed by atoms with Crippen LogP contribution in [0.25, 0.3) is 0 Å². The SMILES string of the molecule is O=C(O)C(=O)O.O=C(O)C(=O)O.O=C(O)C(=O)O.O=C1CN(C2CNC2)CCN1.O=C1CN(C2CNC2)CCN1. The molecule has 40 heavy (non-hydrogen) atoms. The molecule has 4 aliphatic rings. The average molecular weight is 581 g/mol. The molecule has 4 heterocycles. The Morgan fingerprint density at radius 3 is 0.925 bits per heavy atom. The zero-order valence-electron chi connectivity index (χ0n) is 21.1. The first-order valence-electron chi connectivity index (χ1n) is 11.5. The summed E-state index contributed by atoms with van der Waals surface area (Å²) in [7, 11) is 0. The van der Waals surface area contributed by atoms with Gasteiger partial charge in [0.2, 0.25) is 11.8 Å². The molecule has 0 unspecified atom stereocenters. The zero-order chi connectivity index (χ0) is 30.8. The molecule has 4 rings (SSSR count). The highest BCUT2D eigenvalue weighted by Gasteiger charge is 2.28. The van der Waals surface area contributed by atoms with E-state index in [1.807, 2.05) is 0 Å². The Bertz CT molecular complexity index is 806. The van der Waals surface area contributed by atoms with Crippen molar-refractivity contribution >= 4 is 47.6 Å². The lowest BCUT2D eigenvalue weighted by Gasteiger charge is -2.39. The Hall–Kier alpha value is -4.40. The van der Waals surface area contributed by atoms with Gasteiger partial charge < -0.3 is 51.9 Å². The molecule has 20 heteroatoms. The topological polar surface area (TPSA) is 313 Å². The van der Waals surface area contributed by atoms with Crippen LogP contribution in [-0.4, -0.2) is 166 Å². The molecule has 4 saturated heterocycles. The van der Waals surface area contributed by atoms with E-state index in [4.69, 9.17) is 59.4 Å². The van der Waals surface area contributed by atoms with Crippen molar-refractivity contribution in [2.75, 3.05) is 65.4 Å². The Kier molecular flexibility index (Phi) is 16.7. The van der Waals surface area contributed by atoms with Crippen molar-refractivity contribution in [2.45, 2.75) is 12.1 Å². The minimum atomic E-state index is -1.82. The molecule has 4 aliphatic heterocycles. The van der Waals surface area contributed by atoms with E-state index in [0.29, 0.717) is 25.2 Å². The predicted molar refractivity (Wildman–Crippen MR) is 128 cm³/mol. The zero-order valence-corrected chi connectivity index (χ0v) is 21.1. The van der Waals surface area contributed by atoms with E-state index in [1.165, 1.54) is 0 Å². The number of carbonyl (C=O) groups excluding carboxylic acids is 2. The van der Waals surface area contributed by atoms with Crippen LogP contribution in [-0.2, 0) is 38.4 Å². The van der Waals surface area contributed by atoms with Crippen molar-refractivity contribution in [3.05, 3.63) is 0 Å². The van der Waals surface area contributed by atoms with Crippen LogP contribution in [0.4, 0.5) is 0 Å². The van der Waals surface area contributed by atoms with Gasteiger partial charge in [-0.25, -0.2) is 28.8 Å². The molecule has 0 aromatic heterocycles. The lowest BCUT2D eigenvalue weighted by Crippen LogP contribution is -2.62. The van der Waals surface area contributed by atoms with E-state index in [0.717, 1.165) is 52.4 Å². The third kappa shape index (κ3) is 15.8. The first-order chi connectivity index (χ1) is 18.6. The molecular weight excluding hydrogens is 548 g/mol. The van der Waals surface area contributed by atoms with Gasteiger partial charge in [-0.1, -0.05) is 0 Å². The van der Waals surface area contributed by atoms with Crippen LogP contribution in [0.15, 0.2) is 0 Å². The third-order valence-electron chi connectivity index (χ3n) is 5.24. The molecule has 0 saturated carbocycles. The van der Waals surface area contributed by atoms with Crippen LogP contribution in [0, 0.1) is 0 Å². The molecule has 0 bridgehead atoms. The van der Waals surface area contributed by atoms with Crippen LogP contribution in [0.1, 0.15) is 0 Å². The number of hydrogen-bond acceptors (Lipinski definition) is 12. The third-order valence-corrected chi connectivity index (χ3v) is 5.24. The summed E-state index contributed by atoms with van der Waals surface area (Å²) in [5.41, 5.74) is 0. The van der Waals surface area contributed by atoms with Gasteiger partial charge in [-0.05, 0) is 0 Å². The van der Waals surface area contributed by atoms with Crippen molar-refractivity contribution in [1.29, 1.82) is 0 Å². The van der Waals surface area contributed by atoms with Gasteiger partial charge in [0.25, 0.3) is 0 Å². The van der Waals surface area contributed by atoms with Crippen LogP contribution in [0.2, 0.25) is 0 Å². The fraction of sp³-hybridized carbons (Fsp3) is 0.600. The molecule has 0 radical (unpaired) electrons. The second-order valence-electron chi connectivity index (χ2n) is 8.10. The molecule has 0 aliphatic carbocycles. The van der Waals surface area contributed by atoms with Crippen LogP contribution < -0.4 is 21.3 Å². The molecular formula is C20H32N6O14. The maximum atomic E-state index is 10.9. The second-order valence-corrected chi connectivity index (χ2v) is 8.10. The van der Waals surface area contributed by atoms with E-state index >= 15 is 0 Å². The Morgan fingerprint density at radius 1 is 0.525 bits per heavy atom. The number of amides is 2. The smallest absolute Gasteiger partial charge is 0.414 e. The molecule has 0 spiro atoms. The van der Waals surface area contributed by atoms with Crippen molar-refractivity contribution < 1.29 is 69.0 Å². The fourth-order valence-corrected chi connectivity index (χ4v) is 3.00. The number of carbonyl (C=O) groups is 8. The van der Waals surface area contributed by atoms with E-state index in [2.05, 4.69) is 31.1 Å². The number of carboxylic acid groups (broad SMARTS) is 6. The van der Waals surface area contributed by atoms with Crippen molar-refractivity contribution in [3.8, 4) is 0 Å². The summed E-state index contributed by atoms with van der Waals surface area (Å²) in [6.45, 7) is 9.03. The summed E-state index contributed by atoms with van der Waals surface area (Å²) >= 11 is 0. The first-order valence-corrected chi connectivity index (χ1v) is 11.5. The van der Waals surface area contributed by atoms with Crippen LogP contribution >= 0.6 is 0 Å². The predicted octanol–water partition coefficient (Wildman–Crippen LogP) is -5.75. The lowest BCUT2D eigenvalue weighted by molar-refractivity contribution is -0.159. The Labute approximate surface area is 225 Å². The molecule has 2 amide bonds. The summed E-state index contributed by atoms with van der Waals surface area (Å²) in [6.07, 6.45) is 0. The molecule has 0 atom stereocenters. The minimum Gasteiger partial charge on any atom is -0.473 e. The van der Waals surface area contributed by atoms with Gasteiger partial charge in [-0.3, -0.25) is 19.4 Å². The van der Waals surface area contributed by atoms with Crippen LogP contribution in [0.5, 0.6) is 0 Å². The van der Waals surface area contributed by atoms with Crippen molar-refractivity contribution in [2.24, 2.45) is 0 Å². The number of nitrogens with one attached hydrogen (secondary N) is 4. The summed E-state index contributed by atoms with van der Waals surface area (Å²) in [6, 6.07) is 1.22. The van der Waals surface area contributed by atoms with Gasteiger partial charge in [-0.15, -0.1) is 0 Å². The first kappa shape index (κ1) is 35.6. The van der Waals surface area contributed by atoms with Crippen molar-refractivity contribution in [3.63, 3.8) is 0 Å². The van der Waals surface area contributed by atoms with Gasteiger partial charge in [0.15, 0.2) is 0 Å². The molecule has 4 fully saturated rings. The fourth-order valence-electron chi connectivity index (χ4n) is 3.00. The quantitative estimate of drug-likeness (QED) is 0.136. The molecule has 10 N–H and O–H groups in total. The molecule has 226 valence electrons. The summed E-state index contributed by atoms with van der Waals surface area (Å²) in [4.78, 5) is 81.0. The molecule has 0 aromatic rings. The maximum absolute atomic E-state index is 10.9. The largest absolute Gasteiger partial charge is 0.473 e. The number of carboxylic acids is 6. The minimum absolute atomic E-state index is 0.170. The van der Waals surface area contributed by atoms with Gasteiger partial charge in [0.05, 0.1) is 13.1 Å². The number of aliphatic carboxylic acids is 6. The van der Waals surface area contributed by atoms with E-state index in [9.17, 15) is 9.59 Å². The molecule has 20 nitrogen and oxygen atoms in total. The highest BCUT2D eigenvalue weighted by atomic mass is 16.5. The standard InChI is InChI=1S/2C7H13N3O.3C2H2O4/c2*11-7-5-10(2-1-9-7)6-3-8-4-6;3*3-1(4)2(5)6/h2*6,8H,1-5H2,(H,9,11);3*(H,3,4)(H,5,6). The second kappa shape index (κ2) is 18.8. The lowest BCUT2D eigenvalue weighted by atomic mass is 10.1. The highest BCUT2D eigenvalue weighted by molar-refractivity contribution is 6.28. The Morgan fingerprint density at radius 2 is 0.775 bits per heavy atom. The Balaban J connectivity index is 0.000000495. The van der Waals surface area contributed by atoms with E-state index in [-0.39, 0.29) is 11.8 Å². The number of nitrogens with zero attached hydrogens (tertiary/aromatic N) is 2. The maximum Gasteiger partial charge on any atom is 0.414 e. The molecule has 0 aromatic carbocycles. The highest BCUT2D eigenvalue weighted by Crippen LogP contribution is 2.06. The monoisotopic (exact) mass is 580 g/mol. The normalized spacial score (nSPS) is 18.6.